The normalized spacial score (nSPS) is 22.9. The largest absolute Gasteiger partial charge is 0.478 e. The highest BCUT2D eigenvalue weighted by molar-refractivity contribution is 5.84. The van der Waals surface area contributed by atoms with Gasteiger partial charge in [-0.1, -0.05) is 12.8 Å². The number of hydrogen-bond donors (Lipinski definition) is 2. The Hall–Kier alpha value is -1.95. The first-order valence-corrected chi connectivity index (χ1v) is 8.91. The summed E-state index contributed by atoms with van der Waals surface area (Å²) >= 11 is 0. The molecule has 6 nitrogen and oxygen atoms in total. The van der Waals surface area contributed by atoms with Crippen molar-refractivity contribution in [2.45, 2.75) is 44.6 Å². The Balaban J connectivity index is 1.50. The van der Waals surface area contributed by atoms with Crippen molar-refractivity contribution in [1.82, 2.24) is 14.9 Å². The number of carbonyl (C=O) groups is 1. The van der Waals surface area contributed by atoms with E-state index >= 15 is 0 Å². The van der Waals surface area contributed by atoms with Gasteiger partial charge >= 0.3 is 5.97 Å². The molecule has 2 aliphatic rings. The van der Waals surface area contributed by atoms with E-state index in [0.29, 0.717) is 11.7 Å². The van der Waals surface area contributed by atoms with E-state index in [9.17, 15) is 4.79 Å². The number of likely N-dealkylation sites (tertiary alicyclic amines) is 1. The summed E-state index contributed by atoms with van der Waals surface area (Å²) in [6, 6.07) is 0.412. The third-order valence-electron chi connectivity index (χ3n) is 4.92. The monoisotopic (exact) mass is 330 g/mol. The summed E-state index contributed by atoms with van der Waals surface area (Å²) in [7, 11) is 0. The van der Waals surface area contributed by atoms with E-state index in [1.807, 2.05) is 0 Å². The van der Waals surface area contributed by atoms with Crippen LogP contribution in [0.1, 0.15) is 44.2 Å². The van der Waals surface area contributed by atoms with Crippen molar-refractivity contribution >= 4 is 17.9 Å². The molecule has 0 unspecified atom stereocenters. The average molecular weight is 330 g/mol. The van der Waals surface area contributed by atoms with Gasteiger partial charge in [0.25, 0.3) is 0 Å². The molecule has 0 aromatic carbocycles. The van der Waals surface area contributed by atoms with Gasteiger partial charge < -0.3 is 15.3 Å². The molecule has 2 fully saturated rings. The second-order valence-electron chi connectivity index (χ2n) is 6.89. The van der Waals surface area contributed by atoms with E-state index in [0.717, 1.165) is 30.8 Å². The Labute approximate surface area is 143 Å². The third-order valence-corrected chi connectivity index (χ3v) is 4.92. The minimum Gasteiger partial charge on any atom is -0.478 e. The molecule has 6 heteroatoms. The van der Waals surface area contributed by atoms with E-state index in [1.165, 1.54) is 51.3 Å². The predicted octanol–water partition coefficient (Wildman–Crippen LogP) is 2.64. The molecule has 0 amide bonds. The number of anilines is 1. The SMILES string of the molecule is O=C(O)C=Cc1cnc(N[C@@H]2CCCN(CC3CCCC3)C2)cn1. The number of piperidine rings is 1. The molecule has 1 aromatic heterocycles. The van der Waals surface area contributed by atoms with Gasteiger partial charge in [-0.05, 0) is 44.2 Å². The number of nitrogens with one attached hydrogen (secondary N) is 1. The van der Waals surface area contributed by atoms with Crippen LogP contribution in [0.5, 0.6) is 0 Å². The van der Waals surface area contributed by atoms with Gasteiger partial charge in [-0.25, -0.2) is 9.78 Å². The lowest BCUT2D eigenvalue weighted by atomic mass is 10.0. The maximum absolute atomic E-state index is 10.5. The molecule has 130 valence electrons. The second kappa shape index (κ2) is 8.24. The quantitative estimate of drug-likeness (QED) is 0.781. The minimum absolute atomic E-state index is 0.412. The molecule has 1 aliphatic heterocycles. The molecule has 0 radical (unpaired) electrons. The van der Waals surface area contributed by atoms with Crippen LogP contribution in [-0.2, 0) is 4.79 Å². The first-order valence-electron chi connectivity index (χ1n) is 8.91. The highest BCUT2D eigenvalue weighted by Crippen LogP contribution is 2.26. The van der Waals surface area contributed by atoms with Gasteiger partial charge in [0, 0.05) is 25.2 Å². The van der Waals surface area contributed by atoms with Gasteiger partial charge in [0.05, 0.1) is 18.1 Å². The fourth-order valence-corrected chi connectivity index (χ4v) is 3.76. The van der Waals surface area contributed by atoms with E-state index in [2.05, 4.69) is 20.2 Å². The second-order valence-corrected chi connectivity index (χ2v) is 6.89. The molecule has 2 heterocycles. The molecule has 3 rings (SSSR count). The summed E-state index contributed by atoms with van der Waals surface area (Å²) in [6.07, 6.45) is 13.8. The molecular formula is C18H26N4O2. The van der Waals surface area contributed by atoms with Gasteiger partial charge in [-0.3, -0.25) is 4.98 Å². The number of hydrogen-bond acceptors (Lipinski definition) is 5. The van der Waals surface area contributed by atoms with Gasteiger partial charge in [0.15, 0.2) is 0 Å². The first-order chi connectivity index (χ1) is 11.7. The Morgan fingerprint density at radius 3 is 2.79 bits per heavy atom. The van der Waals surface area contributed by atoms with Crippen LogP contribution in [0.15, 0.2) is 18.5 Å². The predicted molar refractivity (Wildman–Crippen MR) is 93.7 cm³/mol. The van der Waals surface area contributed by atoms with E-state index in [1.54, 1.807) is 12.4 Å². The lowest BCUT2D eigenvalue weighted by Crippen LogP contribution is -2.43. The summed E-state index contributed by atoms with van der Waals surface area (Å²) < 4.78 is 0. The van der Waals surface area contributed by atoms with Crippen molar-refractivity contribution in [2.24, 2.45) is 5.92 Å². The number of aliphatic carboxylic acids is 1. The zero-order chi connectivity index (χ0) is 16.8. The van der Waals surface area contributed by atoms with Crippen molar-refractivity contribution in [1.29, 1.82) is 0 Å². The van der Waals surface area contributed by atoms with Crippen LogP contribution < -0.4 is 5.32 Å². The van der Waals surface area contributed by atoms with Gasteiger partial charge in [0.2, 0.25) is 0 Å². The van der Waals surface area contributed by atoms with Crippen LogP contribution in [-0.4, -0.2) is 51.6 Å². The summed E-state index contributed by atoms with van der Waals surface area (Å²) in [5.41, 5.74) is 0.550. The minimum atomic E-state index is -0.983. The summed E-state index contributed by atoms with van der Waals surface area (Å²) in [4.78, 5) is 21.7. The van der Waals surface area contributed by atoms with Crippen molar-refractivity contribution in [3.8, 4) is 0 Å². The number of rotatable bonds is 6. The summed E-state index contributed by atoms with van der Waals surface area (Å²) in [5.74, 6) is 0.669. The summed E-state index contributed by atoms with van der Waals surface area (Å²) in [6.45, 7) is 3.51. The number of carboxylic acids is 1. The fraction of sp³-hybridized carbons (Fsp3) is 0.611. The molecule has 1 saturated heterocycles. The van der Waals surface area contributed by atoms with E-state index < -0.39 is 5.97 Å². The Morgan fingerprint density at radius 1 is 1.25 bits per heavy atom. The molecule has 1 saturated carbocycles. The van der Waals surface area contributed by atoms with Crippen molar-refractivity contribution < 1.29 is 9.90 Å². The zero-order valence-electron chi connectivity index (χ0n) is 14.0. The Morgan fingerprint density at radius 2 is 2.08 bits per heavy atom. The topological polar surface area (TPSA) is 78.3 Å². The highest BCUT2D eigenvalue weighted by atomic mass is 16.4. The fourth-order valence-electron chi connectivity index (χ4n) is 3.76. The smallest absolute Gasteiger partial charge is 0.328 e. The Kier molecular flexibility index (Phi) is 5.80. The van der Waals surface area contributed by atoms with E-state index in [-0.39, 0.29) is 0 Å². The van der Waals surface area contributed by atoms with Crippen molar-refractivity contribution in [2.75, 3.05) is 25.0 Å². The molecule has 1 atom stereocenters. The number of nitrogens with zero attached hydrogens (tertiary/aromatic N) is 3. The van der Waals surface area contributed by atoms with Crippen molar-refractivity contribution in [3.63, 3.8) is 0 Å². The molecule has 0 spiro atoms. The molecular weight excluding hydrogens is 304 g/mol. The maximum atomic E-state index is 10.5. The average Bonchev–Trinajstić information content (AvgIpc) is 3.07. The third kappa shape index (κ3) is 5.03. The van der Waals surface area contributed by atoms with Crippen LogP contribution in [0.3, 0.4) is 0 Å². The first kappa shape index (κ1) is 16.9. The molecule has 1 aliphatic carbocycles. The standard InChI is InChI=1S/C18H26N4O2/c23-18(24)8-7-15-10-20-17(11-19-15)21-16-6-3-9-22(13-16)12-14-4-1-2-5-14/h7-8,10-11,14,16H,1-6,9,12-13H2,(H,20,21)(H,23,24)/t16-/m1/s1. The molecule has 2 N–H and O–H groups in total. The maximum Gasteiger partial charge on any atom is 0.328 e. The van der Waals surface area contributed by atoms with E-state index in [4.69, 9.17) is 5.11 Å². The summed E-state index contributed by atoms with van der Waals surface area (Å²) in [5, 5.41) is 12.1. The zero-order valence-corrected chi connectivity index (χ0v) is 14.0. The van der Waals surface area contributed by atoms with Crippen molar-refractivity contribution in [3.05, 3.63) is 24.2 Å². The Bertz CT molecular complexity index is 567. The molecule has 24 heavy (non-hydrogen) atoms. The molecule has 0 bridgehead atoms. The van der Waals surface area contributed by atoms with Crippen LogP contribution in [0.25, 0.3) is 6.08 Å². The lowest BCUT2D eigenvalue weighted by molar-refractivity contribution is -0.131. The van der Waals surface area contributed by atoms with Gasteiger partial charge in [-0.2, -0.15) is 0 Å². The highest BCUT2D eigenvalue weighted by Gasteiger charge is 2.24. The van der Waals surface area contributed by atoms with Crippen LogP contribution >= 0.6 is 0 Å². The number of carboxylic acid groups (broad SMARTS) is 1. The van der Waals surface area contributed by atoms with Gasteiger partial charge in [-0.15, -0.1) is 0 Å². The van der Waals surface area contributed by atoms with Gasteiger partial charge in [0.1, 0.15) is 5.82 Å². The molecule has 1 aromatic rings. The lowest BCUT2D eigenvalue weighted by Gasteiger charge is -2.34. The van der Waals surface area contributed by atoms with Crippen LogP contribution in [0, 0.1) is 5.92 Å². The number of aromatic nitrogens is 2. The van der Waals surface area contributed by atoms with Crippen LogP contribution in [0.4, 0.5) is 5.82 Å². The van der Waals surface area contributed by atoms with Crippen LogP contribution in [0.2, 0.25) is 0 Å².